The summed E-state index contributed by atoms with van der Waals surface area (Å²) in [5.41, 5.74) is 2.72. The van der Waals surface area contributed by atoms with E-state index in [-0.39, 0.29) is 11.9 Å². The predicted molar refractivity (Wildman–Crippen MR) is 83.8 cm³/mol. The summed E-state index contributed by atoms with van der Waals surface area (Å²) < 4.78 is 4.37. The smallest absolute Gasteiger partial charge is 0.308 e. The van der Waals surface area contributed by atoms with Crippen LogP contribution in [0.5, 0.6) is 0 Å². The second kappa shape index (κ2) is 8.77. The van der Waals surface area contributed by atoms with Gasteiger partial charge in [-0.2, -0.15) is 0 Å². The number of halogens is 1. The van der Waals surface area contributed by atoms with Gasteiger partial charge in [-0.05, 0) is 36.2 Å². The van der Waals surface area contributed by atoms with Crippen molar-refractivity contribution in [2.45, 2.75) is 20.3 Å². The molecular weight excluding hydrogens is 274 g/mol. The van der Waals surface area contributed by atoms with E-state index in [4.69, 9.17) is 11.6 Å². The first-order valence-corrected chi connectivity index (χ1v) is 7.16. The summed E-state index contributed by atoms with van der Waals surface area (Å²) in [6.07, 6.45) is 3.36. The van der Waals surface area contributed by atoms with E-state index >= 15 is 0 Å². The first-order chi connectivity index (χ1) is 9.54. The molecule has 2 rings (SSSR count). The minimum Gasteiger partial charge on any atom is -0.469 e. The van der Waals surface area contributed by atoms with Gasteiger partial charge in [0.1, 0.15) is 0 Å². The van der Waals surface area contributed by atoms with Crippen molar-refractivity contribution in [3.63, 3.8) is 0 Å². The maximum absolute atomic E-state index is 10.3. The van der Waals surface area contributed by atoms with Gasteiger partial charge in [-0.15, -0.1) is 0 Å². The fourth-order valence-corrected chi connectivity index (χ4v) is 1.91. The second-order valence-electron chi connectivity index (χ2n) is 4.87. The van der Waals surface area contributed by atoms with Crippen LogP contribution in [-0.4, -0.2) is 26.2 Å². The predicted octanol–water partition coefficient (Wildman–Crippen LogP) is 3.53. The molecule has 1 aliphatic heterocycles. The number of hydrogen-bond acceptors (Lipinski definition) is 3. The lowest BCUT2D eigenvalue weighted by Gasteiger charge is -2.13. The molecule has 0 spiro atoms. The lowest BCUT2D eigenvalue weighted by atomic mass is 10.0. The summed E-state index contributed by atoms with van der Waals surface area (Å²) in [4.78, 5) is 10.3. The molecule has 0 unspecified atom stereocenters. The monoisotopic (exact) mass is 295 g/mol. The van der Waals surface area contributed by atoms with Crippen molar-refractivity contribution in [1.29, 1.82) is 0 Å². The summed E-state index contributed by atoms with van der Waals surface area (Å²) in [6, 6.07) is 8.05. The fourth-order valence-electron chi connectivity index (χ4n) is 1.78. The molecule has 0 saturated carbocycles. The van der Waals surface area contributed by atoms with Crippen LogP contribution in [-0.2, 0) is 9.53 Å². The molecule has 0 aliphatic carbocycles. The van der Waals surface area contributed by atoms with Gasteiger partial charge in [-0.3, -0.25) is 4.79 Å². The molecule has 0 amide bonds. The van der Waals surface area contributed by atoms with Crippen LogP contribution in [0.3, 0.4) is 0 Å². The Labute approximate surface area is 126 Å². The zero-order valence-electron chi connectivity index (χ0n) is 12.3. The Morgan fingerprint density at radius 3 is 2.35 bits per heavy atom. The van der Waals surface area contributed by atoms with E-state index in [0.717, 1.165) is 24.5 Å². The highest BCUT2D eigenvalue weighted by Crippen LogP contribution is 2.21. The molecule has 1 aromatic carbocycles. The van der Waals surface area contributed by atoms with Crippen LogP contribution in [0.4, 0.5) is 0 Å². The highest BCUT2D eigenvalue weighted by atomic mass is 35.5. The molecule has 0 saturated heterocycles. The molecule has 1 heterocycles. The quantitative estimate of drug-likeness (QED) is 0.848. The molecular formula is C16H22ClNO2. The zero-order chi connectivity index (χ0) is 15.0. The zero-order valence-corrected chi connectivity index (χ0v) is 13.0. The molecule has 0 bridgehead atoms. The Hall–Kier alpha value is -1.32. The fraction of sp³-hybridized carbons (Fsp3) is 0.438. The third-order valence-electron chi connectivity index (χ3n) is 2.95. The van der Waals surface area contributed by atoms with Crippen molar-refractivity contribution in [1.82, 2.24) is 5.32 Å². The van der Waals surface area contributed by atoms with Crippen LogP contribution in [0.2, 0.25) is 5.02 Å². The van der Waals surface area contributed by atoms with Crippen molar-refractivity contribution in [3.8, 4) is 0 Å². The lowest BCUT2D eigenvalue weighted by molar-refractivity contribution is -0.144. The molecule has 1 aromatic rings. The van der Waals surface area contributed by atoms with Crippen LogP contribution < -0.4 is 5.32 Å². The van der Waals surface area contributed by atoms with Crippen molar-refractivity contribution in [2.24, 2.45) is 5.92 Å². The van der Waals surface area contributed by atoms with Gasteiger partial charge in [0, 0.05) is 11.6 Å². The van der Waals surface area contributed by atoms with Gasteiger partial charge in [-0.25, -0.2) is 0 Å². The standard InChI is InChI=1S/C11H12ClN.C5H10O2/c12-11-3-1-9(2-4-11)10-5-7-13-8-6-10;1-4(2)5(6)7-3/h1-5,13H,6-8H2;4H,1-3H3. The van der Waals surface area contributed by atoms with Crippen molar-refractivity contribution in [3.05, 3.63) is 40.9 Å². The van der Waals surface area contributed by atoms with Crippen LogP contribution in [0.15, 0.2) is 30.3 Å². The Kier molecular flexibility index (Phi) is 7.34. The van der Waals surface area contributed by atoms with Gasteiger partial charge in [0.15, 0.2) is 0 Å². The Bertz CT molecular complexity index is 452. The molecule has 1 aliphatic rings. The van der Waals surface area contributed by atoms with Gasteiger partial charge < -0.3 is 10.1 Å². The number of methoxy groups -OCH3 is 1. The summed E-state index contributed by atoms with van der Waals surface area (Å²) in [7, 11) is 1.39. The number of rotatable bonds is 2. The SMILES string of the molecule is COC(=O)C(C)C.Clc1ccc(C2=CCNCC2)cc1. The number of hydrogen-bond donors (Lipinski definition) is 1. The molecule has 0 atom stereocenters. The molecule has 0 fully saturated rings. The first kappa shape index (κ1) is 16.7. The third-order valence-corrected chi connectivity index (χ3v) is 3.20. The average Bonchev–Trinajstić information content (AvgIpc) is 2.48. The van der Waals surface area contributed by atoms with Crippen LogP contribution >= 0.6 is 11.6 Å². The first-order valence-electron chi connectivity index (χ1n) is 6.78. The normalized spacial score (nSPS) is 14.2. The van der Waals surface area contributed by atoms with Gasteiger partial charge in [0.25, 0.3) is 0 Å². The molecule has 0 aromatic heterocycles. The Morgan fingerprint density at radius 1 is 1.30 bits per heavy atom. The van der Waals surface area contributed by atoms with E-state index in [9.17, 15) is 4.79 Å². The topological polar surface area (TPSA) is 38.3 Å². The molecule has 110 valence electrons. The van der Waals surface area contributed by atoms with Gasteiger partial charge in [0.05, 0.1) is 13.0 Å². The summed E-state index contributed by atoms with van der Waals surface area (Å²) >= 11 is 5.82. The van der Waals surface area contributed by atoms with Crippen molar-refractivity contribution < 1.29 is 9.53 Å². The summed E-state index contributed by atoms with van der Waals surface area (Å²) in [5.74, 6) is -0.148. The largest absolute Gasteiger partial charge is 0.469 e. The van der Waals surface area contributed by atoms with Gasteiger partial charge >= 0.3 is 5.97 Å². The summed E-state index contributed by atoms with van der Waals surface area (Å²) in [5, 5.41) is 4.10. The van der Waals surface area contributed by atoms with E-state index in [1.54, 1.807) is 13.8 Å². The van der Waals surface area contributed by atoms with Crippen LogP contribution in [0.25, 0.3) is 5.57 Å². The van der Waals surface area contributed by atoms with E-state index in [2.05, 4.69) is 28.3 Å². The van der Waals surface area contributed by atoms with Gasteiger partial charge in [0.2, 0.25) is 0 Å². The maximum Gasteiger partial charge on any atom is 0.308 e. The average molecular weight is 296 g/mol. The number of carbonyl (C=O) groups excluding carboxylic acids is 1. The Balaban J connectivity index is 0.000000246. The molecule has 1 N–H and O–H groups in total. The third kappa shape index (κ3) is 5.76. The number of nitrogens with one attached hydrogen (secondary N) is 1. The minimum absolute atomic E-state index is 0.00463. The lowest BCUT2D eigenvalue weighted by Crippen LogP contribution is -2.19. The highest BCUT2D eigenvalue weighted by Gasteiger charge is 2.04. The van der Waals surface area contributed by atoms with Gasteiger partial charge in [-0.1, -0.05) is 43.7 Å². The maximum atomic E-state index is 10.3. The number of carbonyl (C=O) groups is 1. The van der Waals surface area contributed by atoms with E-state index in [1.807, 2.05) is 12.1 Å². The van der Waals surface area contributed by atoms with Crippen molar-refractivity contribution >= 4 is 23.1 Å². The van der Waals surface area contributed by atoms with E-state index in [0.29, 0.717) is 0 Å². The molecule has 3 nitrogen and oxygen atoms in total. The number of ether oxygens (including phenoxy) is 1. The number of benzene rings is 1. The van der Waals surface area contributed by atoms with Crippen LogP contribution in [0.1, 0.15) is 25.8 Å². The summed E-state index contributed by atoms with van der Waals surface area (Å²) in [6.45, 7) is 5.66. The number of esters is 1. The molecule has 20 heavy (non-hydrogen) atoms. The molecule has 4 heteroatoms. The van der Waals surface area contributed by atoms with Crippen molar-refractivity contribution in [2.75, 3.05) is 20.2 Å². The molecule has 0 radical (unpaired) electrons. The minimum atomic E-state index is -0.153. The van der Waals surface area contributed by atoms with E-state index < -0.39 is 0 Å². The van der Waals surface area contributed by atoms with E-state index in [1.165, 1.54) is 18.2 Å². The van der Waals surface area contributed by atoms with Crippen LogP contribution in [0, 0.1) is 5.92 Å². The Morgan fingerprint density at radius 2 is 1.95 bits per heavy atom. The highest BCUT2D eigenvalue weighted by molar-refractivity contribution is 6.30. The second-order valence-corrected chi connectivity index (χ2v) is 5.30.